The van der Waals surface area contributed by atoms with Crippen LogP contribution in [0.2, 0.25) is 0 Å². The summed E-state index contributed by atoms with van der Waals surface area (Å²) in [6, 6.07) is 18.1. The van der Waals surface area contributed by atoms with E-state index in [4.69, 9.17) is 5.26 Å². The zero-order valence-corrected chi connectivity index (χ0v) is 16.6. The van der Waals surface area contributed by atoms with Crippen molar-refractivity contribution in [3.8, 4) is 17.9 Å². The first-order valence-electron chi connectivity index (χ1n) is 10.4. The smallest absolute Gasteiger partial charge is 0.0991 e. The van der Waals surface area contributed by atoms with Crippen molar-refractivity contribution >= 4 is 0 Å². The molecular weight excluding hydrogens is 326 g/mol. The molecule has 0 aliphatic heterocycles. The number of aryl methyl sites for hydroxylation is 1. The maximum absolute atomic E-state index is 8.82. The minimum absolute atomic E-state index is 0.668. The number of hydrogen-bond donors (Lipinski definition) is 0. The number of benzene rings is 2. The minimum Gasteiger partial charge on any atom is -0.192 e. The third-order valence-electron chi connectivity index (χ3n) is 4.89. The van der Waals surface area contributed by atoms with Crippen LogP contribution in [0.25, 0.3) is 0 Å². The zero-order chi connectivity index (χ0) is 19.2. The first kappa shape index (κ1) is 20.8. The number of hydrogen-bond acceptors (Lipinski definition) is 1. The van der Waals surface area contributed by atoms with Crippen LogP contribution in [-0.2, 0) is 6.42 Å². The summed E-state index contributed by atoms with van der Waals surface area (Å²) in [5, 5.41) is 8.82. The fourth-order valence-electron chi connectivity index (χ4n) is 3.17. The van der Waals surface area contributed by atoms with E-state index in [1.807, 2.05) is 12.1 Å². The zero-order valence-electron chi connectivity index (χ0n) is 16.6. The van der Waals surface area contributed by atoms with Gasteiger partial charge in [-0.05, 0) is 54.8 Å². The molecule has 0 bridgehead atoms. The number of rotatable bonds is 10. The molecule has 0 aromatic heterocycles. The highest BCUT2D eigenvalue weighted by molar-refractivity contribution is 5.45. The molecule has 0 aliphatic carbocycles. The van der Waals surface area contributed by atoms with E-state index in [9.17, 15) is 0 Å². The van der Waals surface area contributed by atoms with Gasteiger partial charge in [-0.2, -0.15) is 5.26 Å². The molecule has 0 heterocycles. The first-order valence-corrected chi connectivity index (χ1v) is 10.4. The topological polar surface area (TPSA) is 23.8 Å². The van der Waals surface area contributed by atoms with Gasteiger partial charge in [-0.3, -0.25) is 0 Å². The molecule has 0 amide bonds. The third kappa shape index (κ3) is 8.61. The van der Waals surface area contributed by atoms with Crippen LogP contribution >= 0.6 is 0 Å². The monoisotopic (exact) mass is 357 g/mol. The van der Waals surface area contributed by atoms with E-state index in [2.05, 4.69) is 49.1 Å². The van der Waals surface area contributed by atoms with Gasteiger partial charge in [0.2, 0.25) is 0 Å². The molecule has 27 heavy (non-hydrogen) atoms. The van der Waals surface area contributed by atoms with Crippen molar-refractivity contribution in [1.82, 2.24) is 0 Å². The van der Waals surface area contributed by atoms with E-state index in [1.165, 1.54) is 69.8 Å². The predicted octanol–water partition coefficient (Wildman–Crippen LogP) is 7.03. The molecule has 0 spiro atoms. The van der Waals surface area contributed by atoms with Crippen molar-refractivity contribution < 1.29 is 0 Å². The Hall–Kier alpha value is -2.51. The van der Waals surface area contributed by atoms with Gasteiger partial charge in [0.1, 0.15) is 0 Å². The number of nitriles is 1. The van der Waals surface area contributed by atoms with E-state index in [1.54, 1.807) is 12.1 Å². The third-order valence-corrected chi connectivity index (χ3v) is 4.89. The van der Waals surface area contributed by atoms with Crippen LogP contribution in [0.5, 0.6) is 0 Å². The van der Waals surface area contributed by atoms with E-state index in [0.29, 0.717) is 5.56 Å². The number of nitrogens with zero attached hydrogens (tertiary/aromatic N) is 1. The van der Waals surface area contributed by atoms with Gasteiger partial charge in [0, 0.05) is 11.1 Å². The second-order valence-corrected chi connectivity index (χ2v) is 7.21. The van der Waals surface area contributed by atoms with Crippen molar-refractivity contribution in [3.05, 3.63) is 70.8 Å². The molecule has 0 radical (unpaired) electrons. The molecular formula is C26H31N. The minimum atomic E-state index is 0.668. The lowest BCUT2D eigenvalue weighted by Gasteiger charge is -2.03. The maximum atomic E-state index is 8.82. The van der Waals surface area contributed by atoms with Crippen LogP contribution < -0.4 is 0 Å². The van der Waals surface area contributed by atoms with Crippen molar-refractivity contribution in [2.75, 3.05) is 0 Å². The number of unbranched alkanes of at least 4 members (excludes halogenated alkanes) is 8. The molecule has 2 aromatic rings. The highest BCUT2D eigenvalue weighted by Crippen LogP contribution is 2.12. The summed E-state index contributed by atoms with van der Waals surface area (Å²) in [5.41, 5.74) is 4.05. The summed E-state index contributed by atoms with van der Waals surface area (Å²) < 4.78 is 0. The Kier molecular flexibility index (Phi) is 9.84. The van der Waals surface area contributed by atoms with Gasteiger partial charge in [-0.1, -0.05) is 82.3 Å². The highest BCUT2D eigenvalue weighted by atomic mass is 14.2. The van der Waals surface area contributed by atoms with Gasteiger partial charge in [-0.25, -0.2) is 0 Å². The van der Waals surface area contributed by atoms with Crippen LogP contribution in [0, 0.1) is 23.2 Å². The van der Waals surface area contributed by atoms with Gasteiger partial charge in [-0.15, -0.1) is 0 Å². The second-order valence-electron chi connectivity index (χ2n) is 7.21. The summed E-state index contributed by atoms with van der Waals surface area (Å²) in [6.07, 6.45) is 13.5. The average molecular weight is 358 g/mol. The predicted molar refractivity (Wildman–Crippen MR) is 115 cm³/mol. The summed E-state index contributed by atoms with van der Waals surface area (Å²) >= 11 is 0. The molecule has 0 saturated heterocycles. The normalized spacial score (nSPS) is 10.1. The first-order chi connectivity index (χ1) is 13.3. The van der Waals surface area contributed by atoms with Gasteiger partial charge in [0.15, 0.2) is 0 Å². The van der Waals surface area contributed by atoms with Gasteiger partial charge >= 0.3 is 0 Å². The summed E-state index contributed by atoms with van der Waals surface area (Å²) in [5.74, 6) is 6.35. The molecule has 1 heteroatoms. The lowest BCUT2D eigenvalue weighted by molar-refractivity contribution is 0.565. The second kappa shape index (κ2) is 12.8. The summed E-state index contributed by atoms with van der Waals surface area (Å²) in [6.45, 7) is 2.27. The fourth-order valence-corrected chi connectivity index (χ4v) is 3.17. The van der Waals surface area contributed by atoms with Crippen molar-refractivity contribution in [3.63, 3.8) is 0 Å². The Morgan fingerprint density at radius 2 is 1.04 bits per heavy atom. The Balaban J connectivity index is 1.66. The van der Waals surface area contributed by atoms with Crippen molar-refractivity contribution in [2.45, 2.75) is 71.1 Å². The van der Waals surface area contributed by atoms with Crippen LogP contribution in [0.3, 0.4) is 0 Å². The van der Waals surface area contributed by atoms with Crippen LogP contribution in [0.4, 0.5) is 0 Å². The maximum Gasteiger partial charge on any atom is 0.0991 e. The van der Waals surface area contributed by atoms with Crippen molar-refractivity contribution in [1.29, 1.82) is 5.26 Å². The molecule has 0 saturated carbocycles. The molecule has 0 aliphatic rings. The average Bonchev–Trinajstić information content (AvgIpc) is 2.72. The molecule has 0 atom stereocenters. The van der Waals surface area contributed by atoms with Crippen molar-refractivity contribution in [2.24, 2.45) is 0 Å². The van der Waals surface area contributed by atoms with E-state index < -0.39 is 0 Å². The van der Waals surface area contributed by atoms with E-state index >= 15 is 0 Å². The molecule has 0 fully saturated rings. The Labute approximate surface area is 165 Å². The van der Waals surface area contributed by atoms with Gasteiger partial charge in [0.05, 0.1) is 11.6 Å². The van der Waals surface area contributed by atoms with Crippen LogP contribution in [-0.4, -0.2) is 0 Å². The largest absolute Gasteiger partial charge is 0.192 e. The molecule has 0 unspecified atom stereocenters. The lowest BCUT2D eigenvalue weighted by Crippen LogP contribution is -1.87. The molecule has 140 valence electrons. The fraction of sp³-hybridized carbons (Fsp3) is 0.423. The molecule has 1 nitrogen and oxygen atoms in total. The summed E-state index contributed by atoms with van der Waals surface area (Å²) in [7, 11) is 0. The Morgan fingerprint density at radius 1 is 0.593 bits per heavy atom. The standard InChI is InChI=1S/C26H31N/c1-2-3-4-5-6-7-8-9-10-11-23-12-14-24(15-13-23)16-17-25-18-20-26(22-27)21-19-25/h12-15,18-21H,2-11H2,1H3. The molecule has 2 aromatic carbocycles. The van der Waals surface area contributed by atoms with Crippen LogP contribution in [0.1, 0.15) is 87.0 Å². The quantitative estimate of drug-likeness (QED) is 0.331. The van der Waals surface area contributed by atoms with E-state index in [0.717, 1.165) is 11.1 Å². The van der Waals surface area contributed by atoms with Gasteiger partial charge < -0.3 is 0 Å². The highest BCUT2D eigenvalue weighted by Gasteiger charge is 1.96. The summed E-state index contributed by atoms with van der Waals surface area (Å²) in [4.78, 5) is 0. The Bertz CT molecular complexity index is 751. The molecule has 0 N–H and O–H groups in total. The van der Waals surface area contributed by atoms with E-state index in [-0.39, 0.29) is 0 Å². The molecule has 2 rings (SSSR count). The van der Waals surface area contributed by atoms with Crippen LogP contribution in [0.15, 0.2) is 48.5 Å². The Morgan fingerprint density at radius 3 is 1.56 bits per heavy atom. The van der Waals surface area contributed by atoms with Gasteiger partial charge in [0.25, 0.3) is 0 Å². The lowest BCUT2D eigenvalue weighted by atomic mass is 10.0. The SMILES string of the molecule is CCCCCCCCCCCc1ccc(C#Cc2ccc(C#N)cc2)cc1.